The molecule has 6 nitrogen and oxygen atoms in total. The van der Waals surface area contributed by atoms with Gasteiger partial charge in [-0.15, -0.1) is 60.2 Å². The van der Waals surface area contributed by atoms with E-state index in [1.54, 1.807) is 6.20 Å². The van der Waals surface area contributed by atoms with Gasteiger partial charge in [-0.3, -0.25) is 9.97 Å². The molecule has 0 aliphatic carbocycles. The van der Waals surface area contributed by atoms with Gasteiger partial charge in [-0.05, 0) is 36.0 Å². The van der Waals surface area contributed by atoms with Crippen LogP contribution in [0, 0.1) is 24.0 Å². The van der Waals surface area contributed by atoms with Crippen molar-refractivity contribution in [1.82, 2.24) is 24.1 Å². The molecule has 7 heteroatoms. The Hall–Kier alpha value is -5.41. The summed E-state index contributed by atoms with van der Waals surface area (Å²) in [5.41, 5.74) is 6.00. The van der Waals surface area contributed by atoms with Gasteiger partial charge in [-0.25, -0.2) is 0 Å². The summed E-state index contributed by atoms with van der Waals surface area (Å²) in [6.45, 7) is 4.75. The number of nitrogens with zero attached hydrogens (tertiary/aromatic N) is 6. The molecule has 0 radical (unpaired) electrons. The zero-order valence-corrected chi connectivity index (χ0v) is 25.3. The topological polar surface area (TPSA) is 72.3 Å². The zero-order valence-electron chi connectivity index (χ0n) is 23.0. The Labute approximate surface area is 265 Å². The van der Waals surface area contributed by atoms with Crippen molar-refractivity contribution in [2.24, 2.45) is 0 Å². The van der Waals surface area contributed by atoms with Gasteiger partial charge in [0.2, 0.25) is 0 Å². The van der Waals surface area contributed by atoms with E-state index in [1.165, 1.54) is 0 Å². The van der Waals surface area contributed by atoms with Crippen molar-refractivity contribution in [2.45, 2.75) is 0 Å². The molecule has 3 aromatic heterocycles. The molecule has 0 aliphatic heterocycles. The van der Waals surface area contributed by atoms with E-state index in [1.807, 2.05) is 122 Å². The first-order chi connectivity index (χ1) is 20.9. The van der Waals surface area contributed by atoms with E-state index in [0.29, 0.717) is 0 Å². The number of para-hydroxylation sites is 2. The van der Waals surface area contributed by atoms with E-state index >= 15 is 0 Å². The first-order valence-corrected chi connectivity index (χ1v) is 13.2. The second-order valence-electron chi connectivity index (χ2n) is 8.88. The fourth-order valence-electron chi connectivity index (χ4n) is 4.40. The Morgan fingerprint density at radius 1 is 0.512 bits per heavy atom. The Morgan fingerprint density at radius 3 is 1.51 bits per heavy atom. The van der Waals surface area contributed by atoms with E-state index < -0.39 is 0 Å². The van der Waals surface area contributed by atoms with Crippen LogP contribution in [0.15, 0.2) is 152 Å². The minimum Gasteiger partial charge on any atom is -0.512 e. The summed E-state index contributed by atoms with van der Waals surface area (Å²) in [6.07, 6.45) is 9.35. The average molecular weight is 734 g/mol. The molecular weight excluding hydrogens is 709 g/mol. The third kappa shape index (κ3) is 7.46. The van der Waals surface area contributed by atoms with Crippen LogP contribution < -0.4 is 0 Å². The third-order valence-corrected chi connectivity index (χ3v) is 6.28. The summed E-state index contributed by atoms with van der Waals surface area (Å²) in [6, 6.07) is 46.8. The molecular formula is C36H25IrN6. The molecule has 0 fully saturated rings. The second-order valence-corrected chi connectivity index (χ2v) is 8.88. The summed E-state index contributed by atoms with van der Waals surface area (Å²) in [5.74, 6) is 1.71. The minimum atomic E-state index is 0. The van der Waals surface area contributed by atoms with Gasteiger partial charge in [0, 0.05) is 42.4 Å². The van der Waals surface area contributed by atoms with Crippen LogP contribution in [0.1, 0.15) is 0 Å². The Kier molecular flexibility index (Phi) is 11.0. The second kappa shape index (κ2) is 15.6. The summed E-state index contributed by atoms with van der Waals surface area (Å²) in [7, 11) is 0. The number of hydrogen-bond donors (Lipinski definition) is 0. The zero-order chi connectivity index (χ0) is 29.0. The van der Waals surface area contributed by atoms with E-state index in [2.05, 4.69) is 60.5 Å². The van der Waals surface area contributed by atoms with Gasteiger partial charge in [0.05, 0.1) is 11.6 Å². The van der Waals surface area contributed by atoms with Gasteiger partial charge in [0.25, 0.3) is 0 Å². The summed E-state index contributed by atoms with van der Waals surface area (Å²) in [4.78, 5) is 13.4. The van der Waals surface area contributed by atoms with E-state index in [4.69, 9.17) is 11.8 Å². The van der Waals surface area contributed by atoms with Crippen molar-refractivity contribution < 1.29 is 20.1 Å². The normalized spacial score (nSPS) is 9.81. The van der Waals surface area contributed by atoms with Crippen LogP contribution in [-0.2, 0) is 20.1 Å². The van der Waals surface area contributed by atoms with Crippen molar-refractivity contribution in [2.75, 3.05) is 0 Å². The molecule has 0 spiro atoms. The summed E-state index contributed by atoms with van der Waals surface area (Å²) in [5, 5.41) is 6.25. The van der Waals surface area contributed by atoms with Crippen molar-refractivity contribution >= 4 is 0 Å². The molecule has 0 N–H and O–H groups in total. The number of benzene rings is 4. The van der Waals surface area contributed by atoms with Crippen LogP contribution in [0.3, 0.4) is 0 Å². The maximum atomic E-state index is 6.25. The average Bonchev–Trinajstić information content (AvgIpc) is 3.79. The number of rotatable bonds is 5. The standard InChI is InChI=1S/C24H17N4.C11H8N.CN.Ir/c1-3-10-21(11-4-1)27-16-14-25-23(27)19-8-7-9-20(18-19)24-26-15-17-28(24)22-12-5-2-6-13-22;1-2-6-10(7-3-1)11-8-4-5-9-12-11;1-2;/h1-17H;1-6,8-9H;;/q3*-1;+3. The van der Waals surface area contributed by atoms with Crippen molar-refractivity contribution in [1.29, 1.82) is 5.26 Å². The minimum absolute atomic E-state index is 0. The fraction of sp³-hybridized carbons (Fsp3) is 0. The summed E-state index contributed by atoms with van der Waals surface area (Å²) < 4.78 is 4.14. The predicted molar refractivity (Wildman–Crippen MR) is 164 cm³/mol. The molecule has 0 saturated carbocycles. The van der Waals surface area contributed by atoms with E-state index in [9.17, 15) is 0 Å². The quantitative estimate of drug-likeness (QED) is 0.169. The van der Waals surface area contributed by atoms with Crippen molar-refractivity contribution in [3.63, 3.8) is 0 Å². The van der Waals surface area contributed by atoms with Gasteiger partial charge in [0.1, 0.15) is 0 Å². The molecule has 7 aromatic rings. The van der Waals surface area contributed by atoms with Crippen LogP contribution in [0.25, 0.3) is 45.4 Å². The molecule has 208 valence electrons. The fourth-order valence-corrected chi connectivity index (χ4v) is 4.40. The third-order valence-electron chi connectivity index (χ3n) is 6.28. The first-order valence-electron chi connectivity index (χ1n) is 13.2. The largest absolute Gasteiger partial charge is 3.00 e. The van der Waals surface area contributed by atoms with Crippen LogP contribution in [0.5, 0.6) is 0 Å². The number of aromatic nitrogens is 5. The van der Waals surface area contributed by atoms with Gasteiger partial charge >= 0.3 is 20.1 Å². The Bertz CT molecular complexity index is 1700. The van der Waals surface area contributed by atoms with Gasteiger partial charge in [-0.1, -0.05) is 59.7 Å². The number of imidazole rings is 2. The van der Waals surface area contributed by atoms with Crippen molar-refractivity contribution in [3.05, 3.63) is 171 Å². The number of hydrogen-bond acceptors (Lipinski definition) is 4. The Balaban J connectivity index is 0.000000237. The van der Waals surface area contributed by atoms with E-state index in [0.717, 1.165) is 45.4 Å². The van der Waals surface area contributed by atoms with Crippen LogP contribution in [0.4, 0.5) is 0 Å². The van der Waals surface area contributed by atoms with Crippen molar-refractivity contribution in [3.8, 4) is 45.4 Å². The Morgan fingerprint density at radius 2 is 1.02 bits per heavy atom. The maximum Gasteiger partial charge on any atom is 3.00 e. The monoisotopic (exact) mass is 734 g/mol. The first kappa shape index (κ1) is 30.5. The molecule has 0 aliphatic rings. The molecule has 43 heavy (non-hydrogen) atoms. The SMILES string of the molecule is [C-]#N.[Ir+3].[c-]1c(-c2nccn2-c2ccccc2)cccc1-c1nccn1-c1ccccc1.[c-]1ccccc1-c1ccccn1. The maximum absolute atomic E-state index is 6.25. The van der Waals surface area contributed by atoms with Gasteiger partial charge < -0.3 is 26.0 Å². The molecule has 0 unspecified atom stereocenters. The van der Waals surface area contributed by atoms with Gasteiger partial charge in [0.15, 0.2) is 0 Å². The number of pyridine rings is 1. The molecule has 0 amide bonds. The van der Waals surface area contributed by atoms with Crippen LogP contribution in [-0.4, -0.2) is 24.1 Å². The van der Waals surface area contributed by atoms with E-state index in [-0.39, 0.29) is 20.1 Å². The molecule has 0 saturated heterocycles. The smallest absolute Gasteiger partial charge is 0.512 e. The molecule has 0 atom stereocenters. The van der Waals surface area contributed by atoms with Gasteiger partial charge in [-0.2, -0.15) is 0 Å². The van der Waals surface area contributed by atoms with Crippen LogP contribution >= 0.6 is 0 Å². The molecule has 0 bridgehead atoms. The molecule has 7 rings (SSSR count). The predicted octanol–water partition coefficient (Wildman–Crippen LogP) is 7.83. The molecule has 3 heterocycles. The molecule has 4 aromatic carbocycles. The van der Waals surface area contributed by atoms with Crippen LogP contribution in [0.2, 0.25) is 0 Å². The summed E-state index contributed by atoms with van der Waals surface area (Å²) >= 11 is 0.